The summed E-state index contributed by atoms with van der Waals surface area (Å²) in [7, 11) is 0. The van der Waals surface area contributed by atoms with Gasteiger partial charge in [-0.25, -0.2) is 0 Å². The Morgan fingerprint density at radius 1 is 1.35 bits per heavy atom. The first-order valence-corrected chi connectivity index (χ1v) is 6.31. The third-order valence-electron chi connectivity index (χ3n) is 2.52. The molecule has 17 heavy (non-hydrogen) atoms. The minimum absolute atomic E-state index is 0.166. The smallest absolute Gasteiger partial charge is 0.243 e. The van der Waals surface area contributed by atoms with E-state index < -0.39 is 0 Å². The predicted molar refractivity (Wildman–Crippen MR) is 68.5 cm³/mol. The predicted octanol–water partition coefficient (Wildman–Crippen LogP) is 2.83. The van der Waals surface area contributed by atoms with Crippen molar-refractivity contribution >= 4 is 15.9 Å². The molecule has 0 aliphatic heterocycles. The van der Waals surface area contributed by atoms with Crippen molar-refractivity contribution in [3.8, 4) is 0 Å². The summed E-state index contributed by atoms with van der Waals surface area (Å²) in [5.74, 6) is 1.19. The summed E-state index contributed by atoms with van der Waals surface area (Å²) < 4.78 is 6.18. The van der Waals surface area contributed by atoms with Crippen LogP contribution in [0.5, 0.6) is 0 Å². The second-order valence-electron chi connectivity index (χ2n) is 3.87. The molecule has 5 heteroatoms. The zero-order chi connectivity index (χ0) is 12.3. The van der Waals surface area contributed by atoms with Crippen molar-refractivity contribution in [2.24, 2.45) is 5.73 Å². The van der Waals surface area contributed by atoms with Crippen molar-refractivity contribution in [2.45, 2.75) is 25.8 Å². The summed E-state index contributed by atoms with van der Waals surface area (Å²) in [6.45, 7) is 1.99. The van der Waals surface area contributed by atoms with Gasteiger partial charge in [-0.2, -0.15) is 4.98 Å². The van der Waals surface area contributed by atoms with E-state index in [0.29, 0.717) is 18.1 Å². The molecule has 0 fully saturated rings. The number of aromatic nitrogens is 2. The second-order valence-corrected chi connectivity index (χ2v) is 4.78. The lowest BCUT2D eigenvalue weighted by Gasteiger charge is -1.99. The maximum atomic E-state index is 5.82. The quantitative estimate of drug-likeness (QED) is 0.942. The van der Waals surface area contributed by atoms with Crippen LogP contribution in [0.4, 0.5) is 0 Å². The van der Waals surface area contributed by atoms with E-state index in [2.05, 4.69) is 26.1 Å². The van der Waals surface area contributed by atoms with Crippen LogP contribution in [-0.2, 0) is 6.42 Å². The van der Waals surface area contributed by atoms with Gasteiger partial charge in [0.05, 0.1) is 6.04 Å². The fourth-order valence-corrected chi connectivity index (χ4v) is 1.71. The van der Waals surface area contributed by atoms with Gasteiger partial charge in [-0.3, -0.25) is 0 Å². The largest absolute Gasteiger partial charge is 0.338 e. The van der Waals surface area contributed by atoms with Crippen LogP contribution in [0.1, 0.15) is 36.7 Å². The molecule has 0 bridgehead atoms. The lowest BCUT2D eigenvalue weighted by atomic mass is 10.1. The lowest BCUT2D eigenvalue weighted by molar-refractivity contribution is 0.348. The number of rotatable bonds is 4. The Hall–Kier alpha value is -1.20. The SMILES string of the molecule is CC[C@H](N)c1nc(Cc2ccc(Br)cc2)no1. The van der Waals surface area contributed by atoms with Crippen LogP contribution in [0.15, 0.2) is 33.3 Å². The minimum atomic E-state index is -0.166. The molecule has 1 atom stereocenters. The number of nitrogens with two attached hydrogens (primary N) is 1. The van der Waals surface area contributed by atoms with Crippen LogP contribution >= 0.6 is 15.9 Å². The fourth-order valence-electron chi connectivity index (χ4n) is 1.45. The summed E-state index contributed by atoms with van der Waals surface area (Å²) in [4.78, 5) is 4.28. The lowest BCUT2D eigenvalue weighted by Crippen LogP contribution is -2.08. The highest BCUT2D eigenvalue weighted by Crippen LogP contribution is 2.15. The zero-order valence-corrected chi connectivity index (χ0v) is 11.1. The van der Waals surface area contributed by atoms with Gasteiger partial charge in [0.25, 0.3) is 0 Å². The van der Waals surface area contributed by atoms with Gasteiger partial charge in [0.15, 0.2) is 5.82 Å². The molecular weight excluding hydrogens is 282 g/mol. The first-order valence-electron chi connectivity index (χ1n) is 5.51. The zero-order valence-electron chi connectivity index (χ0n) is 9.56. The van der Waals surface area contributed by atoms with Crippen molar-refractivity contribution in [1.82, 2.24) is 10.1 Å². The normalized spacial score (nSPS) is 12.6. The number of hydrogen-bond donors (Lipinski definition) is 1. The molecule has 1 heterocycles. The average molecular weight is 296 g/mol. The van der Waals surface area contributed by atoms with Crippen molar-refractivity contribution in [1.29, 1.82) is 0 Å². The molecule has 0 amide bonds. The van der Waals surface area contributed by atoms with E-state index in [1.807, 2.05) is 31.2 Å². The number of hydrogen-bond acceptors (Lipinski definition) is 4. The van der Waals surface area contributed by atoms with Gasteiger partial charge in [-0.05, 0) is 24.1 Å². The Kier molecular flexibility index (Phi) is 3.91. The van der Waals surface area contributed by atoms with Gasteiger partial charge in [0, 0.05) is 10.9 Å². The van der Waals surface area contributed by atoms with E-state index in [1.54, 1.807) is 0 Å². The summed E-state index contributed by atoms with van der Waals surface area (Å²) in [5, 5.41) is 3.93. The highest BCUT2D eigenvalue weighted by molar-refractivity contribution is 9.10. The first-order chi connectivity index (χ1) is 8.19. The van der Waals surface area contributed by atoms with Crippen LogP contribution in [0.2, 0.25) is 0 Å². The molecule has 0 spiro atoms. The third-order valence-corrected chi connectivity index (χ3v) is 3.04. The van der Waals surface area contributed by atoms with E-state index in [0.717, 1.165) is 16.5 Å². The number of benzene rings is 1. The topological polar surface area (TPSA) is 64.9 Å². The van der Waals surface area contributed by atoms with Gasteiger partial charge in [0.1, 0.15) is 0 Å². The summed E-state index contributed by atoms with van der Waals surface area (Å²) in [6, 6.07) is 7.88. The molecule has 2 N–H and O–H groups in total. The Balaban J connectivity index is 2.08. The second kappa shape index (κ2) is 5.42. The molecule has 1 aromatic carbocycles. The van der Waals surface area contributed by atoms with Crippen molar-refractivity contribution in [3.05, 3.63) is 46.0 Å². The van der Waals surface area contributed by atoms with E-state index in [-0.39, 0.29) is 6.04 Å². The van der Waals surface area contributed by atoms with Gasteiger partial charge in [-0.15, -0.1) is 0 Å². The summed E-state index contributed by atoms with van der Waals surface area (Å²) >= 11 is 3.40. The van der Waals surface area contributed by atoms with Gasteiger partial charge in [0.2, 0.25) is 5.89 Å². The van der Waals surface area contributed by atoms with Crippen molar-refractivity contribution in [2.75, 3.05) is 0 Å². The summed E-state index contributed by atoms with van der Waals surface area (Å²) in [5.41, 5.74) is 6.96. The van der Waals surface area contributed by atoms with Crippen LogP contribution in [0, 0.1) is 0 Å². The van der Waals surface area contributed by atoms with E-state index >= 15 is 0 Å². The van der Waals surface area contributed by atoms with Gasteiger partial charge in [-0.1, -0.05) is 40.1 Å². The highest BCUT2D eigenvalue weighted by atomic mass is 79.9. The highest BCUT2D eigenvalue weighted by Gasteiger charge is 2.12. The Labute approximate surface area is 108 Å². The fraction of sp³-hybridized carbons (Fsp3) is 0.333. The standard InChI is InChI=1S/C12H14BrN3O/c1-2-10(14)12-15-11(16-17-12)7-8-3-5-9(13)6-4-8/h3-6,10H,2,7,14H2,1H3/t10-/m0/s1. The average Bonchev–Trinajstić information content (AvgIpc) is 2.80. The number of nitrogens with zero attached hydrogens (tertiary/aromatic N) is 2. The van der Waals surface area contributed by atoms with Crippen LogP contribution in [0.25, 0.3) is 0 Å². The summed E-state index contributed by atoms with van der Waals surface area (Å²) in [6.07, 6.45) is 1.45. The van der Waals surface area contributed by atoms with Crippen molar-refractivity contribution in [3.63, 3.8) is 0 Å². The Morgan fingerprint density at radius 2 is 2.06 bits per heavy atom. The van der Waals surface area contributed by atoms with Crippen LogP contribution < -0.4 is 5.73 Å². The van der Waals surface area contributed by atoms with Gasteiger partial charge < -0.3 is 10.3 Å². The van der Waals surface area contributed by atoms with Gasteiger partial charge >= 0.3 is 0 Å². The van der Waals surface area contributed by atoms with E-state index in [9.17, 15) is 0 Å². The third kappa shape index (κ3) is 3.14. The minimum Gasteiger partial charge on any atom is -0.338 e. The molecule has 0 saturated heterocycles. The molecule has 0 aliphatic rings. The monoisotopic (exact) mass is 295 g/mol. The molecule has 90 valence electrons. The van der Waals surface area contributed by atoms with Crippen molar-refractivity contribution < 1.29 is 4.52 Å². The first kappa shape index (κ1) is 12.3. The van der Waals surface area contributed by atoms with Crippen LogP contribution in [0.3, 0.4) is 0 Å². The molecule has 1 aromatic heterocycles. The number of halogens is 1. The maximum absolute atomic E-state index is 5.82. The molecule has 4 nitrogen and oxygen atoms in total. The molecule has 0 radical (unpaired) electrons. The Morgan fingerprint density at radius 3 is 2.71 bits per heavy atom. The maximum Gasteiger partial charge on any atom is 0.243 e. The van der Waals surface area contributed by atoms with E-state index in [4.69, 9.17) is 10.3 Å². The molecule has 0 saturated carbocycles. The molecular formula is C12H14BrN3O. The molecule has 0 unspecified atom stereocenters. The Bertz CT molecular complexity index is 481. The van der Waals surface area contributed by atoms with E-state index in [1.165, 1.54) is 0 Å². The molecule has 2 aromatic rings. The molecule has 2 rings (SSSR count). The molecule has 0 aliphatic carbocycles. The van der Waals surface area contributed by atoms with Crippen LogP contribution in [-0.4, -0.2) is 10.1 Å².